The van der Waals surface area contributed by atoms with Gasteiger partial charge in [-0.2, -0.15) is 5.10 Å². The zero-order chi connectivity index (χ0) is 20.8. The first-order valence-electron chi connectivity index (χ1n) is 8.29. The molecule has 146 valence electrons. The lowest BCUT2D eigenvalue weighted by molar-refractivity contribution is 0.0734. The molecule has 0 radical (unpaired) electrons. The maximum Gasteiger partial charge on any atom is 0.343 e. The molecule has 0 saturated carbocycles. The molecule has 0 atom stereocenters. The van der Waals surface area contributed by atoms with E-state index < -0.39 is 11.9 Å². The highest BCUT2D eigenvalue weighted by Gasteiger charge is 2.11. The van der Waals surface area contributed by atoms with Crippen molar-refractivity contribution in [1.82, 2.24) is 5.43 Å². The van der Waals surface area contributed by atoms with E-state index in [2.05, 4.69) is 10.5 Å². The third kappa shape index (κ3) is 5.57. The van der Waals surface area contributed by atoms with Gasteiger partial charge >= 0.3 is 5.97 Å². The highest BCUT2D eigenvalue weighted by atomic mass is 35.5. The van der Waals surface area contributed by atoms with Crippen LogP contribution < -0.4 is 10.2 Å². The fraction of sp³-hybridized carbons (Fsp3) is 0. The molecular weight excluding hydrogens is 435 g/mol. The molecule has 29 heavy (non-hydrogen) atoms. The molecule has 0 saturated heterocycles. The van der Waals surface area contributed by atoms with Gasteiger partial charge in [0.25, 0.3) is 5.91 Å². The number of carbonyl (C=O) groups is 2. The second kappa shape index (κ2) is 9.56. The van der Waals surface area contributed by atoms with E-state index in [0.29, 0.717) is 32.5 Å². The van der Waals surface area contributed by atoms with Crippen molar-refractivity contribution >= 4 is 52.9 Å². The maximum absolute atomic E-state index is 12.3. The van der Waals surface area contributed by atoms with Crippen molar-refractivity contribution in [2.24, 2.45) is 5.10 Å². The topological polar surface area (TPSA) is 67.8 Å². The predicted molar refractivity (Wildman–Crippen MR) is 114 cm³/mol. The van der Waals surface area contributed by atoms with Gasteiger partial charge in [-0.3, -0.25) is 4.79 Å². The monoisotopic (exact) mass is 446 g/mol. The van der Waals surface area contributed by atoms with E-state index >= 15 is 0 Å². The van der Waals surface area contributed by atoms with Crippen molar-refractivity contribution in [2.45, 2.75) is 0 Å². The third-order valence-electron chi connectivity index (χ3n) is 3.75. The fourth-order valence-corrected chi connectivity index (χ4v) is 2.71. The lowest BCUT2D eigenvalue weighted by atomic mass is 10.2. The second-order valence-electron chi connectivity index (χ2n) is 5.76. The zero-order valence-electron chi connectivity index (χ0n) is 14.7. The van der Waals surface area contributed by atoms with Gasteiger partial charge in [0.1, 0.15) is 5.75 Å². The molecule has 1 N–H and O–H groups in total. The molecule has 0 unspecified atom stereocenters. The molecule has 0 heterocycles. The van der Waals surface area contributed by atoms with Crippen LogP contribution in [0.4, 0.5) is 0 Å². The molecule has 8 heteroatoms. The van der Waals surface area contributed by atoms with Crippen molar-refractivity contribution in [3.8, 4) is 5.75 Å². The first kappa shape index (κ1) is 20.9. The van der Waals surface area contributed by atoms with Crippen molar-refractivity contribution in [3.05, 3.63) is 98.5 Å². The number of hydrogen-bond donors (Lipinski definition) is 1. The summed E-state index contributed by atoms with van der Waals surface area (Å²) in [6.07, 6.45) is 1.37. The number of nitrogens with zero attached hydrogens (tertiary/aromatic N) is 1. The molecule has 0 bridgehead atoms. The summed E-state index contributed by atoms with van der Waals surface area (Å²) in [7, 11) is 0. The molecule has 3 aromatic carbocycles. The average Bonchev–Trinajstić information content (AvgIpc) is 2.71. The number of rotatable bonds is 5. The van der Waals surface area contributed by atoms with Crippen LogP contribution in [0.5, 0.6) is 5.75 Å². The number of carbonyl (C=O) groups excluding carboxylic acids is 2. The normalized spacial score (nSPS) is 10.7. The molecule has 0 spiro atoms. The van der Waals surface area contributed by atoms with Gasteiger partial charge in [0.15, 0.2) is 0 Å². The van der Waals surface area contributed by atoms with Crippen LogP contribution in [0, 0.1) is 0 Å². The van der Waals surface area contributed by atoms with Crippen LogP contribution in [0.2, 0.25) is 15.1 Å². The number of nitrogens with one attached hydrogen (secondary N) is 1. The highest BCUT2D eigenvalue weighted by molar-refractivity contribution is 6.42. The van der Waals surface area contributed by atoms with Gasteiger partial charge in [-0.05, 0) is 54.6 Å². The van der Waals surface area contributed by atoms with E-state index in [1.54, 1.807) is 48.5 Å². The minimum atomic E-state index is -0.539. The summed E-state index contributed by atoms with van der Waals surface area (Å²) in [5.41, 5.74) is 3.55. The quantitative estimate of drug-likeness (QED) is 0.238. The Labute approximate surface area is 181 Å². The molecule has 0 aliphatic carbocycles. The Hall–Kier alpha value is -2.86. The van der Waals surface area contributed by atoms with E-state index in [4.69, 9.17) is 39.5 Å². The van der Waals surface area contributed by atoms with E-state index in [-0.39, 0.29) is 5.02 Å². The maximum atomic E-state index is 12.3. The molecule has 3 aromatic rings. The number of benzene rings is 3. The minimum Gasteiger partial charge on any atom is -0.422 e. The molecule has 5 nitrogen and oxygen atoms in total. The van der Waals surface area contributed by atoms with E-state index in [1.807, 2.05) is 0 Å². The van der Waals surface area contributed by atoms with Crippen LogP contribution >= 0.6 is 34.8 Å². The molecule has 3 rings (SSSR count). The number of ether oxygens (including phenoxy) is 1. The third-order valence-corrected chi connectivity index (χ3v) is 4.74. The van der Waals surface area contributed by atoms with Crippen molar-refractivity contribution < 1.29 is 14.3 Å². The first-order chi connectivity index (χ1) is 13.9. The Balaban J connectivity index is 1.69. The van der Waals surface area contributed by atoms with Gasteiger partial charge in [0.2, 0.25) is 0 Å². The Morgan fingerprint density at radius 3 is 2.28 bits per heavy atom. The van der Waals surface area contributed by atoms with Crippen LogP contribution in [0.25, 0.3) is 0 Å². The molecule has 1 amide bonds. The average molecular weight is 448 g/mol. The number of para-hydroxylation sites is 1. The van der Waals surface area contributed by atoms with E-state index in [1.165, 1.54) is 24.4 Å². The van der Waals surface area contributed by atoms with Crippen LogP contribution in [0.3, 0.4) is 0 Å². The number of hydrazone groups is 1. The summed E-state index contributed by atoms with van der Waals surface area (Å²) < 4.78 is 5.42. The smallest absolute Gasteiger partial charge is 0.343 e. The number of amides is 1. The summed E-state index contributed by atoms with van der Waals surface area (Å²) in [4.78, 5) is 24.5. The van der Waals surface area contributed by atoms with E-state index in [0.717, 1.165) is 0 Å². The summed E-state index contributed by atoms with van der Waals surface area (Å²) in [5, 5.41) is 5.05. The summed E-state index contributed by atoms with van der Waals surface area (Å²) in [6, 6.07) is 17.6. The van der Waals surface area contributed by atoms with Crippen molar-refractivity contribution in [1.29, 1.82) is 0 Å². The number of esters is 1. The largest absolute Gasteiger partial charge is 0.422 e. The zero-order valence-corrected chi connectivity index (χ0v) is 17.0. The molecule has 0 fully saturated rings. The van der Waals surface area contributed by atoms with Crippen LogP contribution in [0.15, 0.2) is 71.8 Å². The molecule has 0 aromatic heterocycles. The second-order valence-corrected chi connectivity index (χ2v) is 7.01. The Bertz CT molecular complexity index is 1080. The lowest BCUT2D eigenvalue weighted by Crippen LogP contribution is -2.17. The number of hydrogen-bond acceptors (Lipinski definition) is 4. The first-order valence-corrected chi connectivity index (χ1v) is 9.42. The standard InChI is InChI=1S/C21H13Cl3N2O3/c22-16-8-5-13(6-9-16)21(28)29-19-4-2-1-3-15(19)12-25-26-20(27)14-7-10-17(23)18(24)11-14/h1-12H,(H,26,27)/b25-12-. The van der Waals surface area contributed by atoms with Gasteiger partial charge in [-0.25, -0.2) is 10.2 Å². The van der Waals surface area contributed by atoms with Crippen LogP contribution in [-0.4, -0.2) is 18.1 Å². The lowest BCUT2D eigenvalue weighted by Gasteiger charge is -2.07. The summed E-state index contributed by atoms with van der Waals surface area (Å²) in [6.45, 7) is 0. The van der Waals surface area contributed by atoms with Gasteiger partial charge in [0, 0.05) is 16.1 Å². The minimum absolute atomic E-state index is 0.266. The van der Waals surface area contributed by atoms with E-state index in [9.17, 15) is 9.59 Å². The highest BCUT2D eigenvalue weighted by Crippen LogP contribution is 2.22. The molecular formula is C21H13Cl3N2O3. The Morgan fingerprint density at radius 2 is 1.55 bits per heavy atom. The summed E-state index contributed by atoms with van der Waals surface area (Å²) in [5.74, 6) is -0.710. The number of halogens is 3. The van der Waals surface area contributed by atoms with Gasteiger partial charge in [-0.15, -0.1) is 0 Å². The molecule has 0 aliphatic heterocycles. The van der Waals surface area contributed by atoms with Crippen molar-refractivity contribution in [2.75, 3.05) is 0 Å². The Morgan fingerprint density at radius 1 is 0.862 bits per heavy atom. The van der Waals surface area contributed by atoms with Gasteiger partial charge < -0.3 is 4.74 Å². The SMILES string of the molecule is O=C(N/N=C\c1ccccc1OC(=O)c1ccc(Cl)cc1)c1ccc(Cl)c(Cl)c1. The van der Waals surface area contributed by atoms with Crippen molar-refractivity contribution in [3.63, 3.8) is 0 Å². The van der Waals surface area contributed by atoms with Gasteiger partial charge in [0.05, 0.1) is 21.8 Å². The van der Waals surface area contributed by atoms with Crippen LogP contribution in [-0.2, 0) is 0 Å². The Kier molecular flexibility index (Phi) is 6.88. The fourth-order valence-electron chi connectivity index (χ4n) is 2.29. The molecule has 0 aliphatic rings. The predicted octanol–water partition coefficient (Wildman–Crippen LogP) is 5.63. The summed E-state index contributed by atoms with van der Waals surface area (Å²) >= 11 is 17.6. The van der Waals surface area contributed by atoms with Crippen LogP contribution in [0.1, 0.15) is 26.3 Å². The van der Waals surface area contributed by atoms with Gasteiger partial charge in [-0.1, -0.05) is 46.9 Å².